The summed E-state index contributed by atoms with van der Waals surface area (Å²) in [6, 6.07) is 7.03. The minimum absolute atomic E-state index is 0.0934. The zero-order valence-electron chi connectivity index (χ0n) is 15.7. The molecule has 30 heavy (non-hydrogen) atoms. The molecule has 11 heteroatoms. The molecule has 1 N–H and O–H groups in total. The summed E-state index contributed by atoms with van der Waals surface area (Å²) in [6.07, 6.45) is -0.895. The number of nitro groups is 1. The molecule has 0 aliphatic heterocycles. The molecule has 0 saturated heterocycles. The van der Waals surface area contributed by atoms with Gasteiger partial charge in [0.1, 0.15) is 0 Å². The van der Waals surface area contributed by atoms with Crippen molar-refractivity contribution in [1.82, 2.24) is 0 Å². The molecule has 2 aromatic rings. The highest BCUT2D eigenvalue weighted by atomic mass is 32.2. The van der Waals surface area contributed by atoms with Crippen molar-refractivity contribution in [2.45, 2.75) is 49.3 Å². The van der Waals surface area contributed by atoms with E-state index in [1.807, 2.05) is 0 Å². The van der Waals surface area contributed by atoms with Crippen LogP contribution < -0.4 is 9.46 Å². The Bertz CT molecular complexity index is 1030. The molecule has 1 fully saturated rings. The molecule has 7 nitrogen and oxygen atoms in total. The Hall–Kier alpha value is -2.82. The molecule has 0 amide bonds. The molecule has 0 radical (unpaired) electrons. The van der Waals surface area contributed by atoms with Crippen molar-refractivity contribution in [3.05, 3.63) is 58.1 Å². The first-order valence-corrected chi connectivity index (χ1v) is 10.7. The number of alkyl halides is 3. The Balaban J connectivity index is 1.98. The summed E-state index contributed by atoms with van der Waals surface area (Å²) in [5.41, 5.74) is -1.79. The van der Waals surface area contributed by atoms with Crippen molar-refractivity contribution in [1.29, 1.82) is 0 Å². The molecule has 0 aromatic heterocycles. The third-order valence-corrected chi connectivity index (χ3v) is 6.17. The van der Waals surface area contributed by atoms with Crippen LogP contribution in [0.1, 0.15) is 37.7 Å². The number of sulfonamides is 1. The Morgan fingerprint density at radius 2 is 1.73 bits per heavy atom. The van der Waals surface area contributed by atoms with Crippen LogP contribution in [0.4, 0.5) is 24.5 Å². The molecule has 0 heterocycles. The van der Waals surface area contributed by atoms with E-state index in [0.29, 0.717) is 18.9 Å². The minimum atomic E-state index is -4.87. The zero-order chi connectivity index (χ0) is 21.9. The van der Waals surface area contributed by atoms with Gasteiger partial charge in [0.05, 0.1) is 33.2 Å². The summed E-state index contributed by atoms with van der Waals surface area (Å²) in [5.74, 6) is -0.0934. The van der Waals surface area contributed by atoms with Gasteiger partial charge in [-0.25, -0.2) is 8.42 Å². The van der Waals surface area contributed by atoms with Crippen molar-refractivity contribution < 1.29 is 31.2 Å². The maximum absolute atomic E-state index is 13.3. The van der Waals surface area contributed by atoms with Crippen LogP contribution >= 0.6 is 0 Å². The fraction of sp³-hybridized carbons (Fsp3) is 0.368. The van der Waals surface area contributed by atoms with Crippen molar-refractivity contribution >= 4 is 21.4 Å². The average Bonchev–Trinajstić information content (AvgIpc) is 2.69. The van der Waals surface area contributed by atoms with Gasteiger partial charge in [-0.3, -0.25) is 14.8 Å². The Kier molecular flexibility index (Phi) is 6.20. The predicted molar refractivity (Wildman–Crippen MR) is 103 cm³/mol. The fourth-order valence-corrected chi connectivity index (χ4v) is 4.60. The highest BCUT2D eigenvalue weighted by Crippen LogP contribution is 2.37. The van der Waals surface area contributed by atoms with Crippen LogP contribution in [-0.2, 0) is 16.2 Å². The molecule has 0 atom stereocenters. The molecule has 162 valence electrons. The van der Waals surface area contributed by atoms with Gasteiger partial charge in [-0.05, 0) is 43.9 Å². The van der Waals surface area contributed by atoms with Gasteiger partial charge in [0.25, 0.3) is 15.7 Å². The van der Waals surface area contributed by atoms with Gasteiger partial charge >= 0.3 is 6.18 Å². The van der Waals surface area contributed by atoms with Crippen LogP contribution in [0.5, 0.6) is 5.75 Å². The van der Waals surface area contributed by atoms with Crippen molar-refractivity contribution in [3.8, 4) is 5.75 Å². The number of hydrogen-bond acceptors (Lipinski definition) is 5. The van der Waals surface area contributed by atoms with Crippen LogP contribution in [-0.4, -0.2) is 19.4 Å². The van der Waals surface area contributed by atoms with Crippen LogP contribution in [0.15, 0.2) is 47.4 Å². The number of halogens is 3. The van der Waals surface area contributed by atoms with Crippen molar-refractivity contribution in [3.63, 3.8) is 0 Å². The quantitative estimate of drug-likeness (QED) is 0.492. The fourth-order valence-electron chi connectivity index (χ4n) is 3.30. The number of anilines is 1. The molecule has 1 aliphatic rings. The Morgan fingerprint density at radius 1 is 1.07 bits per heavy atom. The number of nitrogens with one attached hydrogen (secondary N) is 1. The lowest BCUT2D eigenvalue weighted by Crippen LogP contribution is -2.22. The van der Waals surface area contributed by atoms with Gasteiger partial charge in [0.2, 0.25) is 0 Å². The molecular weight excluding hydrogens is 425 g/mol. The maximum atomic E-state index is 13.3. The van der Waals surface area contributed by atoms with Crippen LogP contribution in [0.25, 0.3) is 0 Å². The van der Waals surface area contributed by atoms with Crippen LogP contribution in [0, 0.1) is 10.1 Å². The van der Waals surface area contributed by atoms with E-state index in [-0.39, 0.29) is 23.2 Å². The molecule has 0 spiro atoms. The SMILES string of the molecule is O=[N+]([O-])c1ccc(NS(=O)(=O)c2ccccc2C(F)(F)F)c(OC2CCCCC2)c1. The van der Waals surface area contributed by atoms with Gasteiger partial charge < -0.3 is 4.74 Å². The van der Waals surface area contributed by atoms with Gasteiger partial charge in [0.15, 0.2) is 5.75 Å². The summed E-state index contributed by atoms with van der Waals surface area (Å²) < 4.78 is 73.1. The number of nitrogens with zero attached hydrogens (tertiary/aromatic N) is 1. The van der Waals surface area contributed by atoms with Gasteiger partial charge in [-0.1, -0.05) is 18.6 Å². The topological polar surface area (TPSA) is 98.5 Å². The van der Waals surface area contributed by atoms with Crippen LogP contribution in [0.2, 0.25) is 0 Å². The smallest absolute Gasteiger partial charge is 0.417 e. The number of benzene rings is 2. The van der Waals surface area contributed by atoms with Gasteiger partial charge in [-0.2, -0.15) is 13.2 Å². The summed E-state index contributed by atoms with van der Waals surface area (Å²) in [6.45, 7) is 0. The van der Waals surface area contributed by atoms with E-state index in [9.17, 15) is 31.7 Å². The zero-order valence-corrected chi connectivity index (χ0v) is 16.5. The van der Waals surface area contributed by atoms with E-state index in [1.54, 1.807) is 0 Å². The second-order valence-electron chi connectivity index (χ2n) is 6.91. The molecule has 0 unspecified atom stereocenters. The third-order valence-electron chi connectivity index (χ3n) is 4.75. The summed E-state index contributed by atoms with van der Waals surface area (Å²) >= 11 is 0. The van der Waals surface area contributed by atoms with E-state index < -0.39 is 31.6 Å². The minimum Gasteiger partial charge on any atom is -0.488 e. The normalized spacial score (nSPS) is 15.6. The first-order valence-electron chi connectivity index (χ1n) is 9.22. The second-order valence-corrected chi connectivity index (χ2v) is 8.57. The standard InChI is InChI=1S/C19H19F3N2O5S/c20-19(21,22)15-8-4-5-9-18(15)30(27,28)23-16-11-10-13(24(25)26)12-17(16)29-14-6-2-1-3-7-14/h4-5,8-12,14,23H,1-3,6-7H2. The largest absolute Gasteiger partial charge is 0.488 e. The van der Waals surface area contributed by atoms with E-state index in [0.717, 1.165) is 49.6 Å². The first kappa shape index (κ1) is 21.9. The predicted octanol–water partition coefficient (Wildman–Crippen LogP) is 5.13. The summed E-state index contributed by atoms with van der Waals surface area (Å²) in [5, 5.41) is 11.1. The van der Waals surface area contributed by atoms with Crippen molar-refractivity contribution in [2.24, 2.45) is 0 Å². The molecule has 1 aliphatic carbocycles. The molecule has 2 aromatic carbocycles. The summed E-state index contributed by atoms with van der Waals surface area (Å²) in [4.78, 5) is 9.50. The highest BCUT2D eigenvalue weighted by Gasteiger charge is 2.37. The van der Waals surface area contributed by atoms with E-state index in [4.69, 9.17) is 4.74 Å². The van der Waals surface area contributed by atoms with Crippen molar-refractivity contribution in [2.75, 3.05) is 4.72 Å². The van der Waals surface area contributed by atoms with Crippen LogP contribution in [0.3, 0.4) is 0 Å². The van der Waals surface area contributed by atoms with Gasteiger partial charge in [0, 0.05) is 6.07 Å². The van der Waals surface area contributed by atoms with E-state index in [2.05, 4.69) is 4.72 Å². The molecule has 0 bridgehead atoms. The number of ether oxygens (including phenoxy) is 1. The molecule has 1 saturated carbocycles. The number of non-ortho nitro benzene ring substituents is 1. The Labute approximate surface area is 171 Å². The van der Waals surface area contributed by atoms with E-state index >= 15 is 0 Å². The van der Waals surface area contributed by atoms with Gasteiger partial charge in [-0.15, -0.1) is 0 Å². The first-order chi connectivity index (χ1) is 14.1. The monoisotopic (exact) mass is 444 g/mol. The number of hydrogen-bond donors (Lipinski definition) is 1. The second kappa shape index (κ2) is 8.50. The molecular formula is C19H19F3N2O5S. The lowest BCUT2D eigenvalue weighted by molar-refractivity contribution is -0.384. The third kappa shape index (κ3) is 5.02. The number of nitro benzene ring substituents is 1. The average molecular weight is 444 g/mol. The van der Waals surface area contributed by atoms with E-state index in [1.165, 1.54) is 6.07 Å². The molecule has 3 rings (SSSR count). The highest BCUT2D eigenvalue weighted by molar-refractivity contribution is 7.92. The lowest BCUT2D eigenvalue weighted by atomic mass is 9.98. The maximum Gasteiger partial charge on any atom is 0.417 e. The Morgan fingerprint density at radius 3 is 2.37 bits per heavy atom. The number of rotatable bonds is 6. The summed E-state index contributed by atoms with van der Waals surface area (Å²) in [7, 11) is -4.64. The lowest BCUT2D eigenvalue weighted by Gasteiger charge is -2.24.